The molecule has 1 aromatic carbocycles. The molecule has 12 heteroatoms. The Labute approximate surface area is 256 Å². The van der Waals surface area contributed by atoms with Crippen molar-refractivity contribution in [1.82, 2.24) is 24.4 Å². The molecule has 3 aliphatic rings. The number of ether oxygens (including phenoxy) is 1. The van der Waals surface area contributed by atoms with Crippen molar-refractivity contribution in [3.63, 3.8) is 0 Å². The molecule has 0 radical (unpaired) electrons. The lowest BCUT2D eigenvalue weighted by Gasteiger charge is -2.40. The number of anilines is 2. The second-order valence-corrected chi connectivity index (χ2v) is 13.1. The van der Waals surface area contributed by atoms with Crippen LogP contribution in [-0.4, -0.2) is 88.3 Å². The molecule has 0 spiro atoms. The van der Waals surface area contributed by atoms with Crippen LogP contribution in [-0.2, 0) is 14.3 Å². The van der Waals surface area contributed by atoms with Crippen LogP contribution in [0, 0.1) is 5.92 Å². The molecule has 0 bridgehead atoms. The highest BCUT2D eigenvalue weighted by atomic mass is 16.6. The number of pyridine rings is 1. The number of nitrogens with zero attached hydrogens (tertiary/aromatic N) is 6. The highest BCUT2D eigenvalue weighted by Crippen LogP contribution is 2.26. The standard InChI is InChI=1S/C32H41N7O5/c1-32(2,3)44-30(42)23-4-6-24(7-5-23)36-13-10-22(11-14-36)21-35-16-18-37(19-17-35)25-12-15-38-27(20-25)34-39(31(38)43)26-8-9-28(40)33-29(26)41/h4-7,12,15,20,22,26H,8-11,13-14,16-19,21H2,1-3H3,(H,33,40,41). The maximum atomic E-state index is 12.9. The predicted molar refractivity (Wildman–Crippen MR) is 166 cm³/mol. The molecular weight excluding hydrogens is 562 g/mol. The van der Waals surface area contributed by atoms with E-state index < -0.39 is 17.6 Å². The summed E-state index contributed by atoms with van der Waals surface area (Å²) in [6, 6.07) is 10.8. The Hall–Kier alpha value is -4.19. The third-order valence-electron chi connectivity index (χ3n) is 8.77. The fourth-order valence-electron chi connectivity index (χ4n) is 6.37. The highest BCUT2D eigenvalue weighted by molar-refractivity contribution is 5.99. The number of carbonyl (C=O) groups excluding carboxylic acids is 3. The van der Waals surface area contributed by atoms with Gasteiger partial charge in [-0.25, -0.2) is 9.59 Å². The molecule has 3 aliphatic heterocycles. The lowest BCUT2D eigenvalue weighted by molar-refractivity contribution is -0.136. The van der Waals surface area contributed by atoms with Crippen molar-refractivity contribution >= 4 is 34.8 Å². The van der Waals surface area contributed by atoms with Crippen LogP contribution in [0.3, 0.4) is 0 Å². The van der Waals surface area contributed by atoms with Crippen LogP contribution < -0.4 is 20.8 Å². The largest absolute Gasteiger partial charge is 0.456 e. The number of fused-ring (bicyclic) bond motifs is 1. The minimum Gasteiger partial charge on any atom is -0.456 e. The van der Waals surface area contributed by atoms with Crippen molar-refractivity contribution in [3.05, 3.63) is 58.6 Å². The van der Waals surface area contributed by atoms with E-state index in [1.807, 2.05) is 57.2 Å². The smallest absolute Gasteiger partial charge is 0.351 e. The zero-order valence-electron chi connectivity index (χ0n) is 25.7. The first-order chi connectivity index (χ1) is 21.0. The number of hydrogen-bond donors (Lipinski definition) is 1. The topological polar surface area (TPSA) is 121 Å². The number of piperazine rings is 1. The predicted octanol–water partition coefficient (Wildman–Crippen LogP) is 2.47. The van der Waals surface area contributed by atoms with Crippen molar-refractivity contribution < 1.29 is 19.1 Å². The minimum atomic E-state index is -0.774. The molecule has 1 atom stereocenters. The molecule has 0 aliphatic carbocycles. The van der Waals surface area contributed by atoms with E-state index in [4.69, 9.17) is 4.74 Å². The van der Waals surface area contributed by atoms with Gasteiger partial charge in [0.1, 0.15) is 11.6 Å². The van der Waals surface area contributed by atoms with Gasteiger partial charge in [0.25, 0.3) is 5.91 Å². The number of carbonyl (C=O) groups is 3. The van der Waals surface area contributed by atoms with Crippen LogP contribution in [0.2, 0.25) is 0 Å². The molecule has 234 valence electrons. The monoisotopic (exact) mass is 603 g/mol. The number of benzene rings is 1. The van der Waals surface area contributed by atoms with Crippen molar-refractivity contribution in [2.75, 3.05) is 55.6 Å². The number of piperidine rings is 2. The van der Waals surface area contributed by atoms with Crippen molar-refractivity contribution in [3.8, 4) is 0 Å². The molecular formula is C32H41N7O5. The van der Waals surface area contributed by atoms with Gasteiger partial charge < -0.3 is 14.5 Å². The Morgan fingerprint density at radius 3 is 2.25 bits per heavy atom. The molecule has 2 aromatic heterocycles. The molecule has 0 saturated carbocycles. The van der Waals surface area contributed by atoms with E-state index in [1.54, 1.807) is 6.20 Å². The Kier molecular flexibility index (Phi) is 8.19. The Bertz CT molecular complexity index is 1590. The van der Waals surface area contributed by atoms with Gasteiger partial charge in [-0.15, -0.1) is 5.10 Å². The number of rotatable bonds is 6. The Morgan fingerprint density at radius 1 is 0.909 bits per heavy atom. The summed E-state index contributed by atoms with van der Waals surface area (Å²) in [7, 11) is 0. The van der Waals surface area contributed by atoms with Crippen LogP contribution in [0.1, 0.15) is 62.9 Å². The fraction of sp³-hybridized carbons (Fsp3) is 0.531. The van der Waals surface area contributed by atoms with Crippen LogP contribution in [0.15, 0.2) is 47.4 Å². The van der Waals surface area contributed by atoms with E-state index in [-0.39, 0.29) is 30.4 Å². The Balaban J connectivity index is 0.988. The maximum Gasteiger partial charge on any atom is 0.351 e. The van der Waals surface area contributed by atoms with E-state index in [0.29, 0.717) is 17.1 Å². The van der Waals surface area contributed by atoms with E-state index >= 15 is 0 Å². The normalized spacial score (nSPS) is 20.7. The second-order valence-electron chi connectivity index (χ2n) is 13.1. The van der Waals surface area contributed by atoms with Gasteiger partial charge in [0.15, 0.2) is 5.65 Å². The van der Waals surface area contributed by atoms with Crippen LogP contribution in [0.5, 0.6) is 0 Å². The molecule has 3 aromatic rings. The first-order valence-corrected chi connectivity index (χ1v) is 15.5. The Morgan fingerprint density at radius 2 is 1.59 bits per heavy atom. The van der Waals surface area contributed by atoms with E-state index in [2.05, 4.69) is 25.1 Å². The van der Waals surface area contributed by atoms with E-state index in [1.165, 1.54) is 9.08 Å². The average Bonchev–Trinajstić information content (AvgIpc) is 3.32. The molecule has 44 heavy (non-hydrogen) atoms. The average molecular weight is 604 g/mol. The molecule has 2 amide bonds. The van der Waals surface area contributed by atoms with Gasteiger partial charge in [0, 0.05) is 75.9 Å². The van der Waals surface area contributed by atoms with E-state index in [0.717, 1.165) is 70.0 Å². The minimum absolute atomic E-state index is 0.191. The number of hydrogen-bond acceptors (Lipinski definition) is 9. The third kappa shape index (κ3) is 6.50. The first-order valence-electron chi connectivity index (χ1n) is 15.5. The van der Waals surface area contributed by atoms with Gasteiger partial charge in [-0.3, -0.25) is 24.2 Å². The zero-order chi connectivity index (χ0) is 31.0. The van der Waals surface area contributed by atoms with Crippen LogP contribution in [0.25, 0.3) is 5.65 Å². The highest BCUT2D eigenvalue weighted by Gasteiger charge is 2.31. The zero-order valence-corrected chi connectivity index (χ0v) is 25.7. The summed E-state index contributed by atoms with van der Waals surface area (Å²) in [5.74, 6) is -0.445. The molecule has 1 N–H and O–H groups in total. The lowest BCUT2D eigenvalue weighted by Crippen LogP contribution is -2.49. The molecule has 3 saturated heterocycles. The second kappa shape index (κ2) is 12.1. The number of esters is 1. The summed E-state index contributed by atoms with van der Waals surface area (Å²) in [4.78, 5) is 56.3. The summed E-state index contributed by atoms with van der Waals surface area (Å²) in [5.41, 5.74) is 2.33. The maximum absolute atomic E-state index is 12.9. The number of imide groups is 1. The van der Waals surface area contributed by atoms with Crippen molar-refractivity contribution in [2.45, 2.75) is 58.1 Å². The first kappa shape index (κ1) is 29.9. The SMILES string of the molecule is CC(C)(C)OC(=O)c1ccc(N2CCC(CN3CCN(c4ccn5c(=O)n(C6CCC(=O)NC6=O)nc5c4)CC3)CC2)cc1. The quantitative estimate of drug-likeness (QED) is 0.335. The van der Waals surface area contributed by atoms with Crippen LogP contribution >= 0.6 is 0 Å². The van der Waals surface area contributed by atoms with Crippen molar-refractivity contribution in [2.24, 2.45) is 5.92 Å². The summed E-state index contributed by atoms with van der Waals surface area (Å²) in [6.07, 6.45) is 4.44. The summed E-state index contributed by atoms with van der Waals surface area (Å²) in [5, 5.41) is 6.74. The number of amides is 2. The molecule has 12 nitrogen and oxygen atoms in total. The van der Waals surface area contributed by atoms with Gasteiger partial charge in [-0.1, -0.05) is 0 Å². The van der Waals surface area contributed by atoms with Gasteiger partial charge in [0.2, 0.25) is 5.91 Å². The van der Waals surface area contributed by atoms with Gasteiger partial charge >= 0.3 is 11.7 Å². The molecule has 5 heterocycles. The third-order valence-corrected chi connectivity index (χ3v) is 8.77. The summed E-state index contributed by atoms with van der Waals surface area (Å²) < 4.78 is 8.13. The molecule has 1 unspecified atom stereocenters. The lowest BCUT2D eigenvalue weighted by atomic mass is 9.95. The molecule has 6 rings (SSSR count). The number of aromatic nitrogens is 3. The molecule has 3 fully saturated rings. The van der Waals surface area contributed by atoms with Crippen molar-refractivity contribution in [1.29, 1.82) is 0 Å². The number of nitrogens with one attached hydrogen (secondary N) is 1. The van der Waals surface area contributed by atoms with Gasteiger partial charge in [-0.05, 0) is 76.3 Å². The van der Waals surface area contributed by atoms with Gasteiger partial charge in [0.05, 0.1) is 5.56 Å². The summed E-state index contributed by atoms with van der Waals surface area (Å²) in [6.45, 7) is 12.4. The summed E-state index contributed by atoms with van der Waals surface area (Å²) >= 11 is 0. The fourth-order valence-corrected chi connectivity index (χ4v) is 6.37. The van der Waals surface area contributed by atoms with E-state index in [9.17, 15) is 19.2 Å². The van der Waals surface area contributed by atoms with Gasteiger partial charge in [-0.2, -0.15) is 4.68 Å². The van der Waals surface area contributed by atoms with Crippen LogP contribution in [0.4, 0.5) is 11.4 Å².